The van der Waals surface area contributed by atoms with E-state index in [2.05, 4.69) is 34.6 Å². The van der Waals surface area contributed by atoms with Gasteiger partial charge in [-0.3, -0.25) is 0 Å². The van der Waals surface area contributed by atoms with Crippen LogP contribution in [0.1, 0.15) is 68.2 Å². The van der Waals surface area contributed by atoms with Crippen LogP contribution in [0.15, 0.2) is 85.0 Å². The summed E-state index contributed by atoms with van der Waals surface area (Å²) in [7, 11) is 1.88. The first-order chi connectivity index (χ1) is 31.4. The number of aromatic amines is 1. The van der Waals surface area contributed by atoms with E-state index in [1.807, 2.05) is 55.6 Å². The average molecular weight is 881 g/mol. The van der Waals surface area contributed by atoms with Crippen LogP contribution in [0, 0.1) is 40.4 Å². The lowest BCUT2D eigenvalue weighted by Gasteiger charge is -2.67. The lowest BCUT2D eigenvalue weighted by atomic mass is 9.42. The van der Waals surface area contributed by atoms with E-state index in [9.17, 15) is 30.6 Å². The van der Waals surface area contributed by atoms with Crippen LogP contribution in [0.25, 0.3) is 38.5 Å². The number of aliphatic hydroxyl groups is 5. The van der Waals surface area contributed by atoms with E-state index in [1.54, 1.807) is 12.1 Å². The molecular weight excluding hydrogens is 825 g/mol. The molecule has 4 saturated carbocycles. The Morgan fingerprint density at radius 1 is 0.938 bits per heavy atom. The van der Waals surface area contributed by atoms with Gasteiger partial charge >= 0.3 is 5.97 Å². The fourth-order valence-electron chi connectivity index (χ4n) is 16.5. The van der Waals surface area contributed by atoms with Crippen molar-refractivity contribution >= 4 is 44.5 Å². The second-order valence-corrected chi connectivity index (χ2v) is 21.0. The second-order valence-electron chi connectivity index (χ2n) is 21.0. The summed E-state index contributed by atoms with van der Waals surface area (Å²) in [5, 5.41) is 80.2. The van der Waals surface area contributed by atoms with Crippen molar-refractivity contribution in [3.05, 3.63) is 102 Å². The zero-order valence-corrected chi connectivity index (χ0v) is 36.3. The Bertz CT molecular complexity index is 2890. The molecule has 0 amide bonds. The van der Waals surface area contributed by atoms with Crippen molar-refractivity contribution in [3.8, 4) is 11.5 Å². The normalized spacial score (nSPS) is 40.4. The molecule has 6 fully saturated rings. The molecule has 8 aliphatic rings. The van der Waals surface area contributed by atoms with E-state index < -0.39 is 77.1 Å². The number of ether oxygens (including phenoxy) is 3. The quantitative estimate of drug-likeness (QED) is 0.0599. The molecule has 0 unspecified atom stereocenters. The summed E-state index contributed by atoms with van der Waals surface area (Å²) < 4.78 is 20.2. The number of benzene rings is 4. The number of H-pyrrole nitrogens is 1. The molecule has 2 aliphatic heterocycles. The van der Waals surface area contributed by atoms with Gasteiger partial charge in [0.05, 0.1) is 35.4 Å². The number of carbonyl (C=O) groups excluding carboxylic acids is 1. The highest BCUT2D eigenvalue weighted by molar-refractivity contribution is 6.14. The Hall–Kier alpha value is -4.63. The van der Waals surface area contributed by atoms with Gasteiger partial charge in [-0.25, -0.2) is 4.79 Å². The Morgan fingerprint density at radius 2 is 1.74 bits per heavy atom. The van der Waals surface area contributed by atoms with Crippen molar-refractivity contribution in [2.75, 3.05) is 13.6 Å². The lowest BCUT2D eigenvalue weighted by molar-refractivity contribution is -0.350. The predicted octanol–water partition coefficient (Wildman–Crippen LogP) is 5.87. The molecule has 2 saturated heterocycles. The largest absolute Gasteiger partial charge is 0.508 e. The van der Waals surface area contributed by atoms with E-state index >= 15 is 4.79 Å². The minimum absolute atomic E-state index is 0.0167. The minimum Gasteiger partial charge on any atom is -0.508 e. The van der Waals surface area contributed by atoms with Crippen LogP contribution in [-0.4, -0.2) is 97.1 Å². The number of phenolic OH excluding ortho intramolecular Hbond substituents is 1. The van der Waals surface area contributed by atoms with Crippen LogP contribution >= 0.6 is 0 Å². The van der Waals surface area contributed by atoms with Gasteiger partial charge < -0.3 is 55.2 Å². The number of fused-ring (bicyclic) bond motifs is 9. The Kier molecular flexibility index (Phi) is 8.58. The predicted molar refractivity (Wildman–Crippen MR) is 241 cm³/mol. The van der Waals surface area contributed by atoms with Gasteiger partial charge in [-0.2, -0.15) is 0 Å². The Labute approximate surface area is 375 Å². The number of hydrogen-bond acceptors (Lipinski definition) is 11. The third kappa shape index (κ3) is 4.87. The molecular formula is C53H56N2O10. The zero-order valence-electron chi connectivity index (χ0n) is 36.3. The number of aliphatic hydroxyl groups excluding tert-OH is 3. The summed E-state index contributed by atoms with van der Waals surface area (Å²) in [6, 6.07) is 21.6. The molecule has 4 aromatic carbocycles. The maximum atomic E-state index is 15.1. The SMILES string of the molecule is CNC[C@@H]1C[C@@H]2[C@@H]3C=C[C@@H](O)[C@]4(O)O[C@@H](C(=O)Oc5c(CO)[nH]c6ccc7cc8ccccc8cc7c56)[C@H](O[C@@H]2[C@@]2(CC[C@H]5CC6(CCCC6)[C@@H]6C=Cc7cc(O)ccc7[C@]562)[C@@H]1O)[C@]34O. The molecule has 3 spiro atoms. The maximum absolute atomic E-state index is 15.1. The summed E-state index contributed by atoms with van der Waals surface area (Å²) in [6.07, 6.45) is 8.54. The number of esters is 1. The third-order valence-corrected chi connectivity index (χ3v) is 18.6. The summed E-state index contributed by atoms with van der Waals surface area (Å²) in [6.45, 7) is 0.0217. The van der Waals surface area contributed by atoms with E-state index in [0.717, 1.165) is 71.2 Å². The fraction of sp³-hybridized carbons (Fsp3) is 0.491. The highest BCUT2D eigenvalue weighted by Gasteiger charge is 2.83. The molecule has 3 heterocycles. The molecule has 14 atom stereocenters. The van der Waals surface area contributed by atoms with Crippen molar-refractivity contribution in [1.29, 1.82) is 0 Å². The van der Waals surface area contributed by atoms with Gasteiger partial charge in [0.1, 0.15) is 18.0 Å². The van der Waals surface area contributed by atoms with Gasteiger partial charge in [-0.15, -0.1) is 0 Å². The van der Waals surface area contributed by atoms with Crippen molar-refractivity contribution in [1.82, 2.24) is 10.3 Å². The standard InChI is InChI=1S/C53H56N2O10/c1-54-25-31-23-35-37-12-15-41(58)53(62)52(37,61)47(44(65-53)48(60)63-43-39(26-56)55-38-13-8-29-20-27-6-2-3-7-28(27)22-34(29)42(38)43)64-46(35)50(45(31)59)19-16-32-24-49(17-4-5-18-49)40-14-9-30-21-33(57)10-11-36(30)51(32,40)50/h2-3,6-15,20-22,31-32,35,37,40-41,44-47,54-59,61-62H,4-5,16-19,23-26H2,1H3/t31-,32-,35+,37-,40-,41+,44+,45+,46-,47-,50+,51+,52+,53-/m0/s1. The molecule has 338 valence electrons. The molecule has 0 bridgehead atoms. The molecule has 65 heavy (non-hydrogen) atoms. The molecule has 12 heteroatoms. The first-order valence-corrected chi connectivity index (χ1v) is 23.7. The van der Waals surface area contributed by atoms with Gasteiger partial charge in [0, 0.05) is 23.3 Å². The number of aromatic nitrogens is 1. The summed E-state index contributed by atoms with van der Waals surface area (Å²) >= 11 is 0. The smallest absolute Gasteiger partial charge is 0.343 e. The molecule has 1 aromatic heterocycles. The van der Waals surface area contributed by atoms with Gasteiger partial charge in [0.2, 0.25) is 5.79 Å². The Balaban J connectivity index is 0.977. The number of allylic oxidation sites excluding steroid dienone is 1. The second kappa shape index (κ2) is 13.7. The molecule has 8 N–H and O–H groups in total. The number of rotatable bonds is 5. The van der Waals surface area contributed by atoms with Crippen LogP contribution in [0.4, 0.5) is 0 Å². The minimum atomic E-state index is -2.66. The van der Waals surface area contributed by atoms with Gasteiger partial charge in [0.15, 0.2) is 17.5 Å². The molecule has 13 rings (SSSR count). The number of nitrogens with one attached hydrogen (secondary N) is 2. The fourth-order valence-corrected chi connectivity index (χ4v) is 16.5. The van der Waals surface area contributed by atoms with Crippen molar-refractivity contribution in [2.24, 2.45) is 40.4 Å². The van der Waals surface area contributed by atoms with Crippen molar-refractivity contribution < 1.29 is 49.6 Å². The summed E-state index contributed by atoms with van der Waals surface area (Å²) in [5.74, 6) is -4.71. The molecule has 5 aromatic rings. The zero-order chi connectivity index (χ0) is 44.4. The monoisotopic (exact) mass is 880 g/mol. The molecule has 12 nitrogen and oxygen atoms in total. The van der Waals surface area contributed by atoms with Gasteiger partial charge in [-0.1, -0.05) is 73.5 Å². The number of phenols is 1. The summed E-state index contributed by atoms with van der Waals surface area (Å²) in [5.41, 5.74) is -0.944. The maximum Gasteiger partial charge on any atom is 0.343 e. The molecule has 0 radical (unpaired) electrons. The lowest BCUT2D eigenvalue weighted by Crippen LogP contribution is -2.77. The first-order valence-electron chi connectivity index (χ1n) is 23.7. The van der Waals surface area contributed by atoms with E-state index in [0.29, 0.717) is 30.3 Å². The Morgan fingerprint density at radius 3 is 2.52 bits per heavy atom. The van der Waals surface area contributed by atoms with Crippen molar-refractivity contribution in [2.45, 2.75) is 105 Å². The highest BCUT2D eigenvalue weighted by Crippen LogP contribution is 2.80. The van der Waals surface area contributed by atoms with Gasteiger partial charge in [-0.05, 0) is 138 Å². The topological polar surface area (TPSA) is 194 Å². The van der Waals surface area contributed by atoms with E-state index in [-0.39, 0.29) is 40.4 Å². The first kappa shape index (κ1) is 40.6. The highest BCUT2D eigenvalue weighted by atomic mass is 16.7. The van der Waals surface area contributed by atoms with Crippen LogP contribution in [0.3, 0.4) is 0 Å². The van der Waals surface area contributed by atoms with Crippen LogP contribution in [0.2, 0.25) is 0 Å². The van der Waals surface area contributed by atoms with E-state index in [1.165, 1.54) is 6.08 Å². The number of carbonyl (C=O) groups is 1. The van der Waals surface area contributed by atoms with Crippen LogP contribution < -0.4 is 10.1 Å². The average Bonchev–Trinajstić information content (AvgIpc) is 4.11. The van der Waals surface area contributed by atoms with Crippen molar-refractivity contribution in [3.63, 3.8) is 0 Å². The summed E-state index contributed by atoms with van der Waals surface area (Å²) in [4.78, 5) is 18.4. The number of aromatic hydroxyl groups is 1. The molecule has 6 aliphatic carbocycles. The van der Waals surface area contributed by atoms with Gasteiger partial charge in [0.25, 0.3) is 0 Å². The third-order valence-electron chi connectivity index (χ3n) is 18.6. The number of hydrogen-bond donors (Lipinski definition) is 8. The van der Waals surface area contributed by atoms with E-state index in [4.69, 9.17) is 14.2 Å². The van der Waals surface area contributed by atoms with Crippen LogP contribution in [0.5, 0.6) is 11.5 Å². The van der Waals surface area contributed by atoms with Crippen LogP contribution in [-0.2, 0) is 26.3 Å².